The molecule has 0 fully saturated rings. The zero-order chi connectivity index (χ0) is 17.2. The van der Waals surface area contributed by atoms with Crippen LogP contribution in [0.25, 0.3) is 22.8 Å². The normalized spacial score (nSPS) is 11.1. The van der Waals surface area contributed by atoms with Crippen LogP contribution in [0.5, 0.6) is 5.75 Å². The van der Waals surface area contributed by atoms with Crippen LogP contribution < -0.4 is 4.74 Å². The number of aromatic nitrogens is 5. The fourth-order valence-corrected chi connectivity index (χ4v) is 1.92. The third-order valence-corrected chi connectivity index (χ3v) is 2.93. The lowest BCUT2D eigenvalue weighted by Gasteiger charge is -2.10. The van der Waals surface area contributed by atoms with E-state index in [0.717, 1.165) is 6.07 Å². The summed E-state index contributed by atoms with van der Waals surface area (Å²) >= 11 is 0. The van der Waals surface area contributed by atoms with Crippen LogP contribution in [0, 0.1) is 11.3 Å². The molecule has 0 aliphatic rings. The van der Waals surface area contributed by atoms with Crippen LogP contribution in [-0.4, -0.2) is 31.7 Å². The molecule has 0 aliphatic heterocycles. The fourth-order valence-electron chi connectivity index (χ4n) is 1.92. The van der Waals surface area contributed by atoms with Crippen molar-refractivity contribution in [2.24, 2.45) is 0 Å². The average Bonchev–Trinajstić information content (AvgIpc) is 3.04. The summed E-state index contributed by atoms with van der Waals surface area (Å²) < 4.78 is 40.7. The van der Waals surface area contributed by atoms with Crippen LogP contribution in [-0.2, 0) is 0 Å². The second kappa shape index (κ2) is 5.96. The molecule has 0 saturated heterocycles. The molecular weight excluding hydrogens is 325 g/mol. The van der Waals surface area contributed by atoms with E-state index in [9.17, 15) is 13.2 Å². The van der Waals surface area contributed by atoms with Crippen molar-refractivity contribution in [2.75, 3.05) is 0 Å². The number of ether oxygens (including phenoxy) is 1. The molecule has 120 valence electrons. The first kappa shape index (κ1) is 15.4. The minimum absolute atomic E-state index is 0.270. The van der Waals surface area contributed by atoms with Crippen LogP contribution in [0.15, 0.2) is 36.7 Å². The molecule has 3 rings (SSSR count). The van der Waals surface area contributed by atoms with E-state index in [4.69, 9.17) is 5.26 Å². The molecule has 0 unspecified atom stereocenters. The van der Waals surface area contributed by atoms with Crippen molar-refractivity contribution in [3.05, 3.63) is 42.2 Å². The number of rotatable bonds is 3. The van der Waals surface area contributed by atoms with Gasteiger partial charge in [0, 0.05) is 11.1 Å². The Kier molecular flexibility index (Phi) is 3.83. The molecule has 0 spiro atoms. The van der Waals surface area contributed by atoms with Crippen molar-refractivity contribution in [1.29, 1.82) is 5.26 Å². The Morgan fingerprint density at radius 2 is 1.96 bits per heavy atom. The minimum Gasteiger partial charge on any atom is -0.404 e. The highest BCUT2D eigenvalue weighted by Gasteiger charge is 2.32. The van der Waals surface area contributed by atoms with E-state index >= 15 is 0 Å². The minimum atomic E-state index is -4.87. The van der Waals surface area contributed by atoms with E-state index in [0.29, 0.717) is 17.0 Å². The molecule has 1 aromatic carbocycles. The zero-order valence-electron chi connectivity index (χ0n) is 11.7. The quantitative estimate of drug-likeness (QED) is 0.791. The largest absolute Gasteiger partial charge is 0.573 e. The molecule has 2 heterocycles. The molecule has 2 aromatic heterocycles. The number of hydrogen-bond donors (Lipinski definition) is 1. The van der Waals surface area contributed by atoms with Gasteiger partial charge in [-0.15, -0.1) is 13.2 Å². The maximum Gasteiger partial charge on any atom is 0.573 e. The highest BCUT2D eigenvalue weighted by Crippen LogP contribution is 2.29. The van der Waals surface area contributed by atoms with Gasteiger partial charge >= 0.3 is 6.36 Å². The van der Waals surface area contributed by atoms with Gasteiger partial charge in [0.15, 0.2) is 11.6 Å². The van der Waals surface area contributed by atoms with Gasteiger partial charge in [-0.25, -0.2) is 4.98 Å². The van der Waals surface area contributed by atoms with Gasteiger partial charge in [0.25, 0.3) is 0 Å². The highest BCUT2D eigenvalue weighted by molar-refractivity contribution is 5.64. The molecule has 0 aliphatic carbocycles. The molecular formula is C14H7F3N6O. The molecule has 24 heavy (non-hydrogen) atoms. The molecule has 0 amide bonds. The summed E-state index contributed by atoms with van der Waals surface area (Å²) in [5.74, 6) is 0.0534. The van der Waals surface area contributed by atoms with E-state index in [1.807, 2.05) is 0 Å². The SMILES string of the molecule is N#Cc1cc(-c2nc(-c3ccnnc3)n[nH]2)ccc1OC(F)(F)F. The molecule has 1 N–H and O–H groups in total. The van der Waals surface area contributed by atoms with Gasteiger partial charge in [-0.2, -0.15) is 20.6 Å². The number of nitriles is 1. The number of nitrogens with zero attached hydrogens (tertiary/aromatic N) is 5. The maximum absolute atomic E-state index is 12.3. The van der Waals surface area contributed by atoms with Gasteiger partial charge in [-0.05, 0) is 24.3 Å². The number of alkyl halides is 3. The van der Waals surface area contributed by atoms with E-state index in [-0.39, 0.29) is 11.4 Å². The summed E-state index contributed by atoms with van der Waals surface area (Å²) in [6.45, 7) is 0. The Hall–Kier alpha value is -3.48. The van der Waals surface area contributed by atoms with Crippen LogP contribution in [0.2, 0.25) is 0 Å². The topological polar surface area (TPSA) is 100 Å². The van der Waals surface area contributed by atoms with Gasteiger partial charge < -0.3 is 4.74 Å². The molecule has 10 heteroatoms. The summed E-state index contributed by atoms with van der Waals surface area (Å²) in [4.78, 5) is 4.22. The number of benzene rings is 1. The Morgan fingerprint density at radius 3 is 2.62 bits per heavy atom. The third-order valence-electron chi connectivity index (χ3n) is 2.93. The maximum atomic E-state index is 12.3. The Labute approximate surface area is 132 Å². The van der Waals surface area contributed by atoms with E-state index in [1.165, 1.54) is 24.5 Å². The Balaban J connectivity index is 1.94. The fraction of sp³-hybridized carbons (Fsp3) is 0.0714. The van der Waals surface area contributed by atoms with Gasteiger partial charge in [-0.1, -0.05) is 0 Å². The monoisotopic (exact) mass is 332 g/mol. The standard InChI is InChI=1S/C14H7F3N6O/c15-14(16,17)24-11-2-1-8(5-10(11)6-18)12-21-13(23-22-12)9-3-4-19-20-7-9/h1-5,7H,(H,21,22,23). The Bertz CT molecular complexity index is 901. The number of hydrogen-bond acceptors (Lipinski definition) is 6. The van der Waals surface area contributed by atoms with E-state index in [2.05, 4.69) is 30.1 Å². The smallest absolute Gasteiger partial charge is 0.404 e. The van der Waals surface area contributed by atoms with Crippen LogP contribution in [0.4, 0.5) is 13.2 Å². The van der Waals surface area contributed by atoms with Crippen molar-refractivity contribution >= 4 is 0 Å². The predicted octanol–water partition coefficient (Wildman–Crippen LogP) is 2.70. The summed E-state index contributed by atoms with van der Waals surface area (Å²) in [5.41, 5.74) is 0.736. The summed E-state index contributed by atoms with van der Waals surface area (Å²) in [6, 6.07) is 6.94. The number of halogens is 3. The predicted molar refractivity (Wildman–Crippen MR) is 74.2 cm³/mol. The zero-order valence-corrected chi connectivity index (χ0v) is 11.7. The van der Waals surface area contributed by atoms with Crippen LogP contribution in [0.1, 0.15) is 5.56 Å². The van der Waals surface area contributed by atoms with Crippen molar-refractivity contribution in [2.45, 2.75) is 6.36 Å². The van der Waals surface area contributed by atoms with E-state index < -0.39 is 12.1 Å². The molecule has 0 saturated carbocycles. The van der Waals surface area contributed by atoms with Gasteiger partial charge in [-0.3, -0.25) is 5.10 Å². The number of aromatic amines is 1. The summed E-state index contributed by atoms with van der Waals surface area (Å²) in [5, 5.41) is 23.0. The Morgan fingerprint density at radius 1 is 1.12 bits per heavy atom. The lowest BCUT2D eigenvalue weighted by molar-refractivity contribution is -0.274. The van der Waals surface area contributed by atoms with Crippen molar-refractivity contribution in [3.8, 4) is 34.6 Å². The van der Waals surface area contributed by atoms with Crippen LogP contribution >= 0.6 is 0 Å². The highest BCUT2D eigenvalue weighted by atomic mass is 19.4. The average molecular weight is 332 g/mol. The van der Waals surface area contributed by atoms with Gasteiger partial charge in [0.05, 0.1) is 18.0 Å². The third kappa shape index (κ3) is 3.30. The lowest BCUT2D eigenvalue weighted by atomic mass is 10.1. The van der Waals surface area contributed by atoms with Crippen LogP contribution in [0.3, 0.4) is 0 Å². The number of H-pyrrole nitrogens is 1. The van der Waals surface area contributed by atoms with Gasteiger partial charge in [0.1, 0.15) is 11.8 Å². The summed E-state index contributed by atoms with van der Waals surface area (Å²) in [7, 11) is 0. The van der Waals surface area contributed by atoms with Crippen molar-refractivity contribution in [1.82, 2.24) is 25.4 Å². The second-order valence-electron chi connectivity index (χ2n) is 4.51. The molecule has 7 nitrogen and oxygen atoms in total. The second-order valence-corrected chi connectivity index (χ2v) is 4.51. The van der Waals surface area contributed by atoms with Crippen molar-refractivity contribution < 1.29 is 17.9 Å². The van der Waals surface area contributed by atoms with Crippen molar-refractivity contribution in [3.63, 3.8) is 0 Å². The molecule has 0 atom stereocenters. The van der Waals surface area contributed by atoms with Gasteiger partial charge in [0.2, 0.25) is 0 Å². The lowest BCUT2D eigenvalue weighted by Crippen LogP contribution is -2.17. The molecule has 3 aromatic rings. The first-order valence-electron chi connectivity index (χ1n) is 6.46. The number of nitrogens with one attached hydrogen (secondary N) is 1. The van der Waals surface area contributed by atoms with E-state index in [1.54, 1.807) is 12.1 Å². The first-order chi connectivity index (χ1) is 11.5. The summed E-state index contributed by atoms with van der Waals surface area (Å²) in [6.07, 6.45) is -1.93. The molecule has 0 radical (unpaired) electrons. The first-order valence-corrected chi connectivity index (χ1v) is 6.46. The molecule has 0 bridgehead atoms.